The van der Waals surface area contributed by atoms with E-state index in [1.54, 1.807) is 0 Å². The van der Waals surface area contributed by atoms with Crippen LogP contribution in [0.15, 0.2) is 42.7 Å². The van der Waals surface area contributed by atoms with Gasteiger partial charge in [0, 0.05) is 18.3 Å². The van der Waals surface area contributed by atoms with Crippen LogP contribution < -0.4 is 10.1 Å². The van der Waals surface area contributed by atoms with Crippen molar-refractivity contribution in [1.29, 1.82) is 0 Å². The van der Waals surface area contributed by atoms with Gasteiger partial charge in [0.2, 0.25) is 0 Å². The zero-order valence-electron chi connectivity index (χ0n) is 16.5. The van der Waals surface area contributed by atoms with Crippen molar-refractivity contribution in [3.63, 3.8) is 0 Å². The van der Waals surface area contributed by atoms with Crippen molar-refractivity contribution in [3.05, 3.63) is 42.7 Å². The van der Waals surface area contributed by atoms with E-state index >= 15 is 0 Å². The van der Waals surface area contributed by atoms with Gasteiger partial charge in [-0.3, -0.25) is 0 Å². The topological polar surface area (TPSA) is 51.5 Å². The van der Waals surface area contributed by atoms with E-state index in [0.29, 0.717) is 0 Å². The summed E-state index contributed by atoms with van der Waals surface area (Å²) in [4.78, 5) is 4.78. The first-order chi connectivity index (χ1) is 12.8. The quantitative estimate of drug-likeness (QED) is 0.590. The molecule has 139 valence electrons. The van der Waals surface area contributed by atoms with Crippen LogP contribution >= 0.6 is 0 Å². The van der Waals surface area contributed by atoms with E-state index in [1.807, 2.05) is 35.1 Å². The Bertz CT molecular complexity index is 964. The monoisotopic (exact) mass is 361 g/mol. The van der Waals surface area contributed by atoms with Gasteiger partial charge in [0.15, 0.2) is 5.65 Å². The van der Waals surface area contributed by atoms with Crippen LogP contribution in [-0.2, 0) is 0 Å². The van der Waals surface area contributed by atoms with E-state index in [0.717, 1.165) is 47.6 Å². The summed E-state index contributed by atoms with van der Waals surface area (Å²) < 4.78 is 8.21. The molecule has 0 saturated carbocycles. The summed E-state index contributed by atoms with van der Waals surface area (Å²) in [5.41, 5.74) is 2.64. The molecule has 1 aromatic carbocycles. The van der Waals surface area contributed by atoms with E-state index in [9.17, 15) is 0 Å². The number of benzene rings is 1. The molecule has 1 N–H and O–H groups in total. The highest BCUT2D eigenvalue weighted by molar-refractivity contribution is 6.39. The van der Waals surface area contributed by atoms with Gasteiger partial charge in [0.25, 0.3) is 0 Å². The van der Waals surface area contributed by atoms with Crippen LogP contribution in [0.3, 0.4) is 0 Å². The lowest BCUT2D eigenvalue weighted by Crippen LogP contribution is -2.34. The molecule has 4 rings (SSSR count). The van der Waals surface area contributed by atoms with Gasteiger partial charge in [-0.2, -0.15) is 5.10 Å². The summed E-state index contributed by atoms with van der Waals surface area (Å²) in [5.74, 6) is 1.75. The first-order valence-electron chi connectivity index (χ1n) is 9.54. The minimum Gasteiger partial charge on any atom is -0.488 e. The molecule has 0 unspecified atom stereocenters. The molecule has 5 nitrogen and oxygen atoms in total. The molecule has 1 aliphatic rings. The molecular weight excluding hydrogens is 335 g/mol. The molecule has 1 aliphatic heterocycles. The van der Waals surface area contributed by atoms with Crippen LogP contribution in [0.5, 0.6) is 5.75 Å². The molecule has 0 spiro atoms. The Hall–Kier alpha value is -2.50. The van der Waals surface area contributed by atoms with Crippen LogP contribution in [0, 0.1) is 0 Å². The predicted octanol–water partition coefficient (Wildman–Crippen LogP) is 4.69. The highest BCUT2D eigenvalue weighted by Crippen LogP contribution is 2.38. The number of ether oxygens (including phenoxy) is 1. The van der Waals surface area contributed by atoms with Gasteiger partial charge in [-0.1, -0.05) is 37.6 Å². The molecule has 2 aromatic heterocycles. The van der Waals surface area contributed by atoms with Gasteiger partial charge < -0.3 is 10.1 Å². The molecule has 0 amide bonds. The lowest BCUT2D eigenvalue weighted by atomic mass is 9.49. The zero-order chi connectivity index (χ0) is 19.1. The third-order valence-corrected chi connectivity index (χ3v) is 4.94. The standard InChI is InChI=1S/C21H26BN4O/c1-20(2)14-21(3,4)27-16-7-5-6-15(12-16)17-13-24-26-11-8-18(25-19(17)26)23-10-9-22-20/h5-8,11-13H,9-10,14H2,1-4H3,(H,23,25). The van der Waals surface area contributed by atoms with Crippen molar-refractivity contribution in [2.75, 3.05) is 11.9 Å². The first-order valence-corrected chi connectivity index (χ1v) is 9.54. The Morgan fingerprint density at radius 1 is 1.19 bits per heavy atom. The van der Waals surface area contributed by atoms with E-state index < -0.39 is 0 Å². The third kappa shape index (κ3) is 3.94. The van der Waals surface area contributed by atoms with Gasteiger partial charge in [-0.05, 0) is 44.0 Å². The second kappa shape index (κ2) is 6.59. The lowest BCUT2D eigenvalue weighted by molar-refractivity contribution is 0.0878. The fraction of sp³-hybridized carbons (Fsp3) is 0.429. The van der Waals surface area contributed by atoms with Crippen molar-refractivity contribution in [3.8, 4) is 16.9 Å². The fourth-order valence-corrected chi connectivity index (χ4v) is 4.09. The van der Waals surface area contributed by atoms with E-state index in [1.165, 1.54) is 0 Å². The number of hydrogen-bond donors (Lipinski definition) is 1. The molecule has 4 bridgehead atoms. The molecule has 0 atom stereocenters. The van der Waals surface area contributed by atoms with Crippen LogP contribution in [0.2, 0.25) is 11.6 Å². The number of fused-ring (bicyclic) bond motifs is 4. The summed E-state index contributed by atoms with van der Waals surface area (Å²) in [6, 6.07) is 10.2. The van der Waals surface area contributed by atoms with Gasteiger partial charge in [0.05, 0.1) is 6.20 Å². The molecule has 3 aromatic rings. The van der Waals surface area contributed by atoms with Crippen LogP contribution in [0.1, 0.15) is 34.1 Å². The molecule has 0 aliphatic carbocycles. The normalized spacial score (nSPS) is 18.7. The third-order valence-electron chi connectivity index (χ3n) is 4.94. The lowest BCUT2D eigenvalue weighted by Gasteiger charge is -2.35. The van der Waals surface area contributed by atoms with Crippen molar-refractivity contribution in [1.82, 2.24) is 14.6 Å². The second-order valence-corrected chi connectivity index (χ2v) is 8.61. The van der Waals surface area contributed by atoms with Gasteiger partial charge in [-0.25, -0.2) is 9.50 Å². The summed E-state index contributed by atoms with van der Waals surface area (Å²) >= 11 is 0. The van der Waals surface area contributed by atoms with E-state index in [-0.39, 0.29) is 10.9 Å². The average molecular weight is 361 g/mol. The van der Waals surface area contributed by atoms with E-state index in [2.05, 4.69) is 57.5 Å². The Kier molecular flexibility index (Phi) is 4.37. The van der Waals surface area contributed by atoms with Crippen molar-refractivity contribution < 1.29 is 4.74 Å². The Morgan fingerprint density at radius 2 is 2.04 bits per heavy atom. The number of hydrogen-bond acceptors (Lipinski definition) is 4. The Balaban J connectivity index is 1.79. The molecule has 1 radical (unpaired) electrons. The smallest absolute Gasteiger partial charge is 0.165 e. The van der Waals surface area contributed by atoms with Crippen molar-refractivity contribution >= 4 is 18.7 Å². The average Bonchev–Trinajstić information content (AvgIpc) is 3.00. The Labute approximate surface area is 161 Å². The molecule has 0 saturated heterocycles. The SMILES string of the molecule is CC1(C)[B]CCNc2ccn3ncc(c3n2)-c2cccc(c2)OC(C)(C)C1. The first kappa shape index (κ1) is 17.9. The molecule has 0 fully saturated rings. The zero-order valence-corrected chi connectivity index (χ0v) is 16.5. The number of nitrogens with zero attached hydrogens (tertiary/aromatic N) is 3. The number of aromatic nitrogens is 3. The van der Waals surface area contributed by atoms with Crippen molar-refractivity contribution in [2.45, 2.75) is 51.4 Å². The Morgan fingerprint density at radius 3 is 2.89 bits per heavy atom. The summed E-state index contributed by atoms with van der Waals surface area (Å²) in [5, 5.41) is 7.97. The molecule has 3 heterocycles. The number of anilines is 1. The van der Waals surface area contributed by atoms with Crippen LogP contribution in [0.25, 0.3) is 16.8 Å². The maximum Gasteiger partial charge on any atom is 0.165 e. The number of rotatable bonds is 0. The van der Waals surface area contributed by atoms with Gasteiger partial charge in [0.1, 0.15) is 24.4 Å². The predicted molar refractivity (Wildman–Crippen MR) is 111 cm³/mol. The summed E-state index contributed by atoms with van der Waals surface area (Å²) in [6.45, 7) is 9.72. The minimum atomic E-state index is -0.267. The van der Waals surface area contributed by atoms with E-state index in [4.69, 9.17) is 9.72 Å². The second-order valence-electron chi connectivity index (χ2n) is 8.61. The van der Waals surface area contributed by atoms with Gasteiger partial charge in [-0.15, -0.1) is 0 Å². The molecule has 27 heavy (non-hydrogen) atoms. The van der Waals surface area contributed by atoms with Crippen LogP contribution in [-0.4, -0.2) is 34.0 Å². The largest absolute Gasteiger partial charge is 0.488 e. The number of nitrogens with one attached hydrogen (secondary N) is 1. The molecular formula is C21H26BN4O. The highest BCUT2D eigenvalue weighted by Gasteiger charge is 2.30. The summed E-state index contributed by atoms with van der Waals surface area (Å²) in [6.07, 6.45) is 5.72. The minimum absolute atomic E-state index is 0.0800. The molecule has 6 heteroatoms. The van der Waals surface area contributed by atoms with Crippen LogP contribution in [0.4, 0.5) is 5.82 Å². The maximum absolute atomic E-state index is 6.40. The van der Waals surface area contributed by atoms with Gasteiger partial charge >= 0.3 is 0 Å². The highest BCUT2D eigenvalue weighted by atomic mass is 16.5. The maximum atomic E-state index is 6.40. The summed E-state index contributed by atoms with van der Waals surface area (Å²) in [7, 11) is 2.38. The fourth-order valence-electron chi connectivity index (χ4n) is 4.09. The van der Waals surface area contributed by atoms with Crippen molar-refractivity contribution in [2.24, 2.45) is 0 Å².